The highest BCUT2D eigenvalue weighted by atomic mass is 32.2. The number of methoxy groups -OCH3 is 2. The van der Waals surface area contributed by atoms with Crippen LogP contribution < -0.4 is 0 Å². The topological polar surface area (TPSA) is 130 Å². The smallest absolute Gasteiger partial charge is 0.306 e. The van der Waals surface area contributed by atoms with Gasteiger partial charge in [0.2, 0.25) is 11.6 Å². The van der Waals surface area contributed by atoms with Gasteiger partial charge in [0.25, 0.3) is 0 Å². The third kappa shape index (κ3) is 5.68. The van der Waals surface area contributed by atoms with Crippen LogP contribution in [0.4, 0.5) is 0 Å². The number of carboxylic acid groups (broad SMARTS) is 1. The number of carbonyl (C=O) groups excluding carboxylic acids is 1. The van der Waals surface area contributed by atoms with Crippen LogP contribution in [-0.4, -0.2) is 84.4 Å². The van der Waals surface area contributed by atoms with Gasteiger partial charge in [-0.05, 0) is 26.0 Å². The summed E-state index contributed by atoms with van der Waals surface area (Å²) in [6.45, 7) is 3.07. The predicted octanol–water partition coefficient (Wildman–Crippen LogP) is 1.78. The third-order valence-electron chi connectivity index (χ3n) is 5.89. The van der Waals surface area contributed by atoms with Crippen LogP contribution >= 0.6 is 11.8 Å². The zero-order chi connectivity index (χ0) is 24.2. The summed E-state index contributed by atoms with van der Waals surface area (Å²) in [4.78, 5) is 23.6. The molecule has 0 unspecified atom stereocenters. The summed E-state index contributed by atoms with van der Waals surface area (Å²) in [5, 5.41) is 19.9. The molecular weight excluding hydrogens is 456 g/mol. The van der Waals surface area contributed by atoms with E-state index in [0.29, 0.717) is 0 Å². The van der Waals surface area contributed by atoms with Gasteiger partial charge in [-0.2, -0.15) is 0 Å². The molecule has 2 saturated heterocycles. The molecular formula is C22H30O10S. The lowest BCUT2D eigenvalue weighted by atomic mass is 9.95. The van der Waals surface area contributed by atoms with Crippen molar-refractivity contribution in [1.82, 2.24) is 0 Å². The van der Waals surface area contributed by atoms with E-state index >= 15 is 0 Å². The van der Waals surface area contributed by atoms with Gasteiger partial charge in [0, 0.05) is 19.1 Å². The van der Waals surface area contributed by atoms with Crippen molar-refractivity contribution in [1.29, 1.82) is 0 Å². The first-order valence-electron chi connectivity index (χ1n) is 10.5. The number of carbonyl (C=O) groups is 2. The van der Waals surface area contributed by atoms with Crippen molar-refractivity contribution in [3.8, 4) is 0 Å². The number of carboxylic acids is 1. The first kappa shape index (κ1) is 25.9. The third-order valence-corrected chi connectivity index (χ3v) is 7.05. The van der Waals surface area contributed by atoms with Crippen molar-refractivity contribution in [3.05, 3.63) is 30.3 Å². The number of benzene rings is 1. The Bertz CT molecular complexity index is 823. The van der Waals surface area contributed by atoms with Crippen LogP contribution in [0.25, 0.3) is 0 Å². The van der Waals surface area contributed by atoms with Gasteiger partial charge in [0.1, 0.15) is 36.5 Å². The molecule has 1 aromatic rings. The number of hydrogen-bond donors (Lipinski definition) is 2. The molecule has 184 valence electrons. The van der Waals surface area contributed by atoms with E-state index in [0.717, 1.165) is 4.90 Å². The minimum Gasteiger partial charge on any atom is -0.481 e. The van der Waals surface area contributed by atoms with E-state index in [1.165, 1.54) is 26.0 Å². The lowest BCUT2D eigenvalue weighted by Crippen LogP contribution is -2.72. The van der Waals surface area contributed by atoms with Crippen LogP contribution in [0.2, 0.25) is 0 Å². The Balaban J connectivity index is 1.82. The molecule has 0 radical (unpaired) electrons. The number of aliphatic hydroxyl groups is 1. The van der Waals surface area contributed by atoms with Crippen LogP contribution in [0.1, 0.15) is 26.7 Å². The Hall–Kier alpha value is -1.73. The Labute approximate surface area is 196 Å². The Morgan fingerprint density at radius 3 is 2.21 bits per heavy atom. The monoisotopic (exact) mass is 486 g/mol. The highest BCUT2D eigenvalue weighted by molar-refractivity contribution is 7.99. The van der Waals surface area contributed by atoms with E-state index in [9.17, 15) is 14.7 Å². The Morgan fingerprint density at radius 1 is 1.03 bits per heavy atom. The Morgan fingerprint density at radius 2 is 1.64 bits per heavy atom. The van der Waals surface area contributed by atoms with E-state index in [-0.39, 0.29) is 19.4 Å². The molecule has 2 heterocycles. The van der Waals surface area contributed by atoms with E-state index in [1.807, 2.05) is 30.3 Å². The van der Waals surface area contributed by atoms with Crippen molar-refractivity contribution < 1.29 is 48.2 Å². The van der Waals surface area contributed by atoms with Gasteiger partial charge < -0.3 is 38.6 Å². The summed E-state index contributed by atoms with van der Waals surface area (Å²) in [7, 11) is 2.89. The predicted molar refractivity (Wildman–Crippen MR) is 115 cm³/mol. The molecule has 0 aliphatic carbocycles. The van der Waals surface area contributed by atoms with Gasteiger partial charge >= 0.3 is 11.9 Å². The molecule has 33 heavy (non-hydrogen) atoms. The summed E-state index contributed by atoms with van der Waals surface area (Å²) in [5.41, 5.74) is -0.757. The molecule has 2 N–H and O–H groups in total. The maximum atomic E-state index is 12.0. The SMILES string of the molecule is CO[C@@]1(C)O[C@@H]2[C@@H](O)[C@H](Sc3ccccc3)O[C@H](COC(=O)CCC(=O)O)[C@H]2O[C@]1(C)OC. The second kappa shape index (κ2) is 10.7. The Kier molecular flexibility index (Phi) is 8.38. The highest BCUT2D eigenvalue weighted by Crippen LogP contribution is 2.45. The number of rotatable bonds is 9. The number of ether oxygens (including phenoxy) is 6. The van der Waals surface area contributed by atoms with E-state index in [1.54, 1.807) is 13.8 Å². The van der Waals surface area contributed by atoms with Crippen molar-refractivity contribution >= 4 is 23.7 Å². The van der Waals surface area contributed by atoms with Gasteiger partial charge in [0.15, 0.2) is 0 Å². The summed E-state index contributed by atoms with van der Waals surface area (Å²) < 4.78 is 34.9. The molecule has 0 aromatic heterocycles. The van der Waals surface area contributed by atoms with Crippen LogP contribution in [0.3, 0.4) is 0 Å². The average molecular weight is 487 g/mol. The van der Waals surface area contributed by atoms with Crippen LogP contribution in [0.15, 0.2) is 35.2 Å². The molecule has 3 rings (SSSR count). The normalized spacial score (nSPS) is 36.1. The first-order valence-corrected chi connectivity index (χ1v) is 11.4. The second-order valence-corrected chi connectivity index (χ2v) is 9.18. The van der Waals surface area contributed by atoms with Crippen molar-refractivity contribution in [2.24, 2.45) is 0 Å². The number of esters is 1. The fourth-order valence-electron chi connectivity index (χ4n) is 3.69. The van der Waals surface area contributed by atoms with Gasteiger partial charge in [0.05, 0.1) is 12.8 Å². The minimum atomic E-state index is -1.35. The molecule has 10 nitrogen and oxygen atoms in total. The summed E-state index contributed by atoms with van der Waals surface area (Å²) >= 11 is 1.30. The summed E-state index contributed by atoms with van der Waals surface area (Å²) in [5.74, 6) is -4.46. The zero-order valence-corrected chi connectivity index (χ0v) is 19.8. The zero-order valence-electron chi connectivity index (χ0n) is 19.0. The maximum Gasteiger partial charge on any atom is 0.306 e. The molecule has 0 bridgehead atoms. The van der Waals surface area contributed by atoms with Crippen molar-refractivity contribution in [3.63, 3.8) is 0 Å². The minimum absolute atomic E-state index is 0.217. The standard InChI is InChI=1S/C22H30O10S/c1-21(27-3)22(2,28-4)32-19-17(26)20(33-13-8-6-5-7-9-13)30-14(18(19)31-21)12-29-16(25)11-10-15(23)24/h5-9,14,17-20,26H,10-12H2,1-4H3,(H,23,24)/t14-,17-,18-,19-,20+,21+,22+/m1/s1. The largest absolute Gasteiger partial charge is 0.481 e. The quantitative estimate of drug-likeness (QED) is 0.495. The van der Waals surface area contributed by atoms with Gasteiger partial charge in [-0.25, -0.2) is 0 Å². The van der Waals surface area contributed by atoms with E-state index < -0.39 is 53.4 Å². The second-order valence-electron chi connectivity index (χ2n) is 8.01. The molecule has 2 aliphatic rings. The molecule has 2 fully saturated rings. The molecule has 2 aliphatic heterocycles. The summed E-state index contributed by atoms with van der Waals surface area (Å²) in [6, 6.07) is 9.38. The van der Waals surface area contributed by atoms with Crippen molar-refractivity contribution in [2.75, 3.05) is 20.8 Å². The van der Waals surface area contributed by atoms with E-state index in [4.69, 9.17) is 33.5 Å². The molecule has 11 heteroatoms. The number of thioether (sulfide) groups is 1. The average Bonchev–Trinajstić information content (AvgIpc) is 2.80. The van der Waals surface area contributed by atoms with Gasteiger partial charge in [-0.15, -0.1) is 0 Å². The molecule has 0 spiro atoms. The highest BCUT2D eigenvalue weighted by Gasteiger charge is 2.62. The van der Waals surface area contributed by atoms with Crippen molar-refractivity contribution in [2.45, 2.75) is 73.0 Å². The number of aliphatic hydroxyl groups excluding tert-OH is 1. The van der Waals surface area contributed by atoms with Gasteiger partial charge in [-0.1, -0.05) is 30.0 Å². The molecule has 0 saturated carbocycles. The number of fused-ring (bicyclic) bond motifs is 1. The van der Waals surface area contributed by atoms with Crippen LogP contribution in [0.5, 0.6) is 0 Å². The lowest BCUT2D eigenvalue weighted by Gasteiger charge is -2.56. The lowest BCUT2D eigenvalue weighted by molar-refractivity contribution is -0.470. The fourth-order valence-corrected chi connectivity index (χ4v) is 4.77. The van der Waals surface area contributed by atoms with Crippen LogP contribution in [-0.2, 0) is 38.0 Å². The van der Waals surface area contributed by atoms with Gasteiger partial charge in [-0.3, -0.25) is 9.59 Å². The molecule has 7 atom stereocenters. The number of hydrogen-bond acceptors (Lipinski definition) is 10. The molecule has 0 amide bonds. The van der Waals surface area contributed by atoms with E-state index in [2.05, 4.69) is 0 Å². The fraction of sp³-hybridized carbons (Fsp3) is 0.636. The van der Waals surface area contributed by atoms with Crippen LogP contribution in [0, 0.1) is 0 Å². The number of aliphatic carboxylic acids is 1. The maximum absolute atomic E-state index is 12.0. The summed E-state index contributed by atoms with van der Waals surface area (Å²) in [6.07, 6.45) is -4.26. The molecule has 1 aromatic carbocycles. The first-order chi connectivity index (χ1) is 15.6.